The standard InChI is InChI=1S/C13H17ClF3NO2S/c1-3-11-5-4-10(9-14)8-12(11)21(19,20)18(2)7-6-13(15,16)17/h4-5,8H,3,6-7,9H2,1-2H3. The molecule has 0 aromatic heterocycles. The summed E-state index contributed by atoms with van der Waals surface area (Å²) in [5, 5.41) is 0. The molecule has 120 valence electrons. The van der Waals surface area contributed by atoms with Crippen LogP contribution in [0.15, 0.2) is 23.1 Å². The van der Waals surface area contributed by atoms with E-state index in [4.69, 9.17) is 11.6 Å². The molecule has 0 amide bonds. The van der Waals surface area contributed by atoms with Crippen LogP contribution in [0.25, 0.3) is 0 Å². The molecule has 1 aromatic carbocycles. The van der Waals surface area contributed by atoms with Gasteiger partial charge in [-0.15, -0.1) is 11.6 Å². The number of rotatable bonds is 6. The molecule has 1 aromatic rings. The van der Waals surface area contributed by atoms with E-state index in [1.54, 1.807) is 19.1 Å². The molecular weight excluding hydrogens is 327 g/mol. The molecule has 0 radical (unpaired) electrons. The predicted octanol–water partition coefficient (Wildman–Crippen LogP) is 3.56. The van der Waals surface area contributed by atoms with Gasteiger partial charge in [0.25, 0.3) is 0 Å². The van der Waals surface area contributed by atoms with Crippen molar-refractivity contribution in [2.45, 2.75) is 36.7 Å². The smallest absolute Gasteiger partial charge is 0.207 e. The minimum atomic E-state index is -4.39. The Morgan fingerprint density at radius 2 is 1.90 bits per heavy atom. The summed E-state index contributed by atoms with van der Waals surface area (Å²) in [4.78, 5) is 0.0211. The summed E-state index contributed by atoms with van der Waals surface area (Å²) in [6.45, 7) is 1.17. The zero-order chi connectivity index (χ0) is 16.3. The Morgan fingerprint density at radius 3 is 2.38 bits per heavy atom. The molecule has 0 atom stereocenters. The fourth-order valence-electron chi connectivity index (χ4n) is 1.79. The summed E-state index contributed by atoms with van der Waals surface area (Å²) in [7, 11) is -2.82. The highest BCUT2D eigenvalue weighted by atomic mass is 35.5. The molecule has 3 nitrogen and oxygen atoms in total. The zero-order valence-corrected chi connectivity index (χ0v) is 13.3. The lowest BCUT2D eigenvalue weighted by atomic mass is 10.1. The average molecular weight is 344 g/mol. The molecule has 0 spiro atoms. The molecule has 0 unspecified atom stereocenters. The summed E-state index contributed by atoms with van der Waals surface area (Å²) in [6.07, 6.45) is -5.11. The summed E-state index contributed by atoms with van der Waals surface area (Å²) in [5.41, 5.74) is 1.17. The highest BCUT2D eigenvalue weighted by Crippen LogP contribution is 2.25. The van der Waals surface area contributed by atoms with E-state index in [1.165, 1.54) is 6.07 Å². The van der Waals surface area contributed by atoms with Gasteiger partial charge in [0.1, 0.15) is 0 Å². The van der Waals surface area contributed by atoms with Gasteiger partial charge in [-0.05, 0) is 23.6 Å². The van der Waals surface area contributed by atoms with E-state index in [0.29, 0.717) is 17.5 Å². The van der Waals surface area contributed by atoms with Crippen molar-refractivity contribution in [3.8, 4) is 0 Å². The van der Waals surface area contributed by atoms with Crippen LogP contribution in [-0.4, -0.2) is 32.5 Å². The monoisotopic (exact) mass is 343 g/mol. The molecule has 8 heteroatoms. The minimum Gasteiger partial charge on any atom is -0.207 e. The SMILES string of the molecule is CCc1ccc(CCl)cc1S(=O)(=O)N(C)CCC(F)(F)F. The number of aryl methyl sites for hydroxylation is 1. The lowest BCUT2D eigenvalue weighted by Crippen LogP contribution is -2.31. The quantitative estimate of drug-likeness (QED) is 0.741. The highest BCUT2D eigenvalue weighted by Gasteiger charge is 2.31. The number of hydrogen-bond acceptors (Lipinski definition) is 2. The number of alkyl halides is 4. The van der Waals surface area contributed by atoms with Crippen molar-refractivity contribution >= 4 is 21.6 Å². The van der Waals surface area contributed by atoms with Crippen molar-refractivity contribution in [3.63, 3.8) is 0 Å². The van der Waals surface area contributed by atoms with Crippen LogP contribution in [0.5, 0.6) is 0 Å². The first-order valence-corrected chi connectivity index (χ1v) is 8.30. The van der Waals surface area contributed by atoms with E-state index in [0.717, 1.165) is 11.4 Å². The maximum absolute atomic E-state index is 12.4. The molecule has 0 bridgehead atoms. The van der Waals surface area contributed by atoms with Crippen LogP contribution < -0.4 is 0 Å². The molecule has 0 heterocycles. The number of sulfonamides is 1. The van der Waals surface area contributed by atoms with Crippen LogP contribution >= 0.6 is 11.6 Å². The third kappa shape index (κ3) is 4.86. The molecule has 0 fully saturated rings. The van der Waals surface area contributed by atoms with E-state index in [1.807, 2.05) is 0 Å². The molecule has 21 heavy (non-hydrogen) atoms. The summed E-state index contributed by atoms with van der Waals surface area (Å²) >= 11 is 5.69. The molecule has 0 N–H and O–H groups in total. The van der Waals surface area contributed by atoms with Crippen LogP contribution in [-0.2, 0) is 22.3 Å². The van der Waals surface area contributed by atoms with Crippen LogP contribution in [0, 0.1) is 0 Å². The topological polar surface area (TPSA) is 37.4 Å². The van der Waals surface area contributed by atoms with Gasteiger partial charge >= 0.3 is 6.18 Å². The maximum atomic E-state index is 12.4. The van der Waals surface area contributed by atoms with E-state index < -0.39 is 29.2 Å². The highest BCUT2D eigenvalue weighted by molar-refractivity contribution is 7.89. The van der Waals surface area contributed by atoms with Crippen LogP contribution in [0.2, 0.25) is 0 Å². The Hall–Kier alpha value is -0.790. The first-order valence-electron chi connectivity index (χ1n) is 6.32. The summed E-state index contributed by atoms with van der Waals surface area (Å²) < 4.78 is 62.2. The zero-order valence-electron chi connectivity index (χ0n) is 11.7. The van der Waals surface area contributed by atoms with Gasteiger partial charge in [0.05, 0.1) is 11.3 Å². The summed E-state index contributed by atoms with van der Waals surface area (Å²) in [5.74, 6) is 0.138. The van der Waals surface area contributed by atoms with Crippen molar-refractivity contribution in [2.75, 3.05) is 13.6 Å². The second-order valence-electron chi connectivity index (χ2n) is 4.62. The van der Waals surface area contributed by atoms with E-state index in [2.05, 4.69) is 0 Å². The van der Waals surface area contributed by atoms with Gasteiger partial charge < -0.3 is 0 Å². The average Bonchev–Trinajstić information content (AvgIpc) is 2.42. The van der Waals surface area contributed by atoms with Crippen molar-refractivity contribution in [1.82, 2.24) is 4.31 Å². The normalized spacial score (nSPS) is 12.9. The van der Waals surface area contributed by atoms with Crippen LogP contribution in [0.3, 0.4) is 0 Å². The number of benzene rings is 1. The predicted molar refractivity (Wildman–Crippen MR) is 75.9 cm³/mol. The Morgan fingerprint density at radius 1 is 1.29 bits per heavy atom. The van der Waals surface area contributed by atoms with Gasteiger partial charge in [0, 0.05) is 19.5 Å². The maximum Gasteiger partial charge on any atom is 0.390 e. The Bertz CT molecular complexity index is 588. The van der Waals surface area contributed by atoms with Gasteiger partial charge in [-0.2, -0.15) is 13.2 Å². The fraction of sp³-hybridized carbons (Fsp3) is 0.538. The molecule has 0 aliphatic carbocycles. The van der Waals surface area contributed by atoms with Crippen molar-refractivity contribution in [2.24, 2.45) is 0 Å². The second-order valence-corrected chi connectivity index (χ2v) is 6.90. The fourth-order valence-corrected chi connectivity index (χ4v) is 3.46. The molecular formula is C13H17ClF3NO2S. The molecule has 0 aliphatic rings. The summed E-state index contributed by atoms with van der Waals surface area (Å²) in [6, 6.07) is 4.77. The first-order chi connectivity index (χ1) is 9.61. The van der Waals surface area contributed by atoms with Crippen LogP contribution in [0.4, 0.5) is 13.2 Å². The third-order valence-electron chi connectivity index (χ3n) is 3.07. The number of nitrogens with zero attached hydrogens (tertiary/aromatic N) is 1. The van der Waals surface area contributed by atoms with Crippen molar-refractivity contribution in [3.05, 3.63) is 29.3 Å². The Kier molecular flexibility index (Phi) is 6.07. The third-order valence-corrected chi connectivity index (χ3v) is 5.31. The minimum absolute atomic E-state index is 0.0211. The van der Waals surface area contributed by atoms with E-state index >= 15 is 0 Å². The van der Waals surface area contributed by atoms with Gasteiger partial charge in [-0.25, -0.2) is 12.7 Å². The lowest BCUT2D eigenvalue weighted by molar-refractivity contribution is -0.135. The van der Waals surface area contributed by atoms with Gasteiger partial charge in [-0.1, -0.05) is 19.1 Å². The van der Waals surface area contributed by atoms with Crippen LogP contribution in [0.1, 0.15) is 24.5 Å². The number of hydrogen-bond donors (Lipinski definition) is 0. The largest absolute Gasteiger partial charge is 0.390 e. The van der Waals surface area contributed by atoms with Crippen molar-refractivity contribution < 1.29 is 21.6 Å². The molecule has 0 aliphatic heterocycles. The second kappa shape index (κ2) is 6.98. The number of halogens is 4. The van der Waals surface area contributed by atoms with Gasteiger partial charge in [0.2, 0.25) is 10.0 Å². The Labute approximate surface area is 127 Å². The van der Waals surface area contributed by atoms with Crippen molar-refractivity contribution in [1.29, 1.82) is 0 Å². The Balaban J connectivity index is 3.11. The first kappa shape index (κ1) is 18.3. The van der Waals surface area contributed by atoms with E-state index in [9.17, 15) is 21.6 Å². The molecule has 0 saturated heterocycles. The van der Waals surface area contributed by atoms with E-state index in [-0.39, 0.29) is 10.8 Å². The molecule has 0 saturated carbocycles. The lowest BCUT2D eigenvalue weighted by Gasteiger charge is -2.20. The van der Waals surface area contributed by atoms with Gasteiger partial charge in [0.15, 0.2) is 0 Å². The van der Waals surface area contributed by atoms with Gasteiger partial charge in [-0.3, -0.25) is 0 Å². The molecule has 1 rings (SSSR count).